The summed E-state index contributed by atoms with van der Waals surface area (Å²) in [5.41, 5.74) is 1.74. The number of pyridine rings is 1. The van der Waals surface area contributed by atoms with Crippen molar-refractivity contribution in [3.8, 4) is 0 Å². The second-order valence-electron chi connectivity index (χ2n) is 4.98. The number of oxazole rings is 1. The number of aromatic nitrogens is 2. The number of fused-ring (bicyclic) bond motifs is 1. The molecule has 0 radical (unpaired) electrons. The number of hydrogen-bond acceptors (Lipinski definition) is 4. The fourth-order valence-electron chi connectivity index (χ4n) is 2.30. The Balaban J connectivity index is 1.76. The van der Waals surface area contributed by atoms with Crippen LogP contribution in [0.1, 0.15) is 18.5 Å². The highest BCUT2D eigenvalue weighted by Crippen LogP contribution is 2.12. The van der Waals surface area contributed by atoms with E-state index in [9.17, 15) is 9.59 Å². The van der Waals surface area contributed by atoms with Crippen molar-refractivity contribution < 1.29 is 9.21 Å². The minimum Gasteiger partial charge on any atom is -0.406 e. The number of benzene rings is 1. The van der Waals surface area contributed by atoms with Crippen molar-refractivity contribution in [1.82, 2.24) is 14.9 Å². The van der Waals surface area contributed by atoms with Crippen LogP contribution in [-0.4, -0.2) is 15.5 Å². The molecule has 1 atom stereocenters. The number of hydrogen-bond donors (Lipinski definition) is 1. The summed E-state index contributed by atoms with van der Waals surface area (Å²) in [5, 5.41) is 2.86. The van der Waals surface area contributed by atoms with Gasteiger partial charge < -0.3 is 9.73 Å². The summed E-state index contributed by atoms with van der Waals surface area (Å²) in [4.78, 5) is 28.0. The molecule has 1 amide bonds. The summed E-state index contributed by atoms with van der Waals surface area (Å²) >= 11 is 0. The van der Waals surface area contributed by atoms with Crippen LogP contribution in [0.4, 0.5) is 0 Å². The molecule has 6 heteroatoms. The monoisotopic (exact) mass is 297 g/mol. The van der Waals surface area contributed by atoms with Gasteiger partial charge in [-0.2, -0.15) is 0 Å². The Kier molecular flexibility index (Phi) is 3.74. The normalized spacial score (nSPS) is 12.2. The van der Waals surface area contributed by atoms with Gasteiger partial charge in [0, 0.05) is 6.20 Å². The van der Waals surface area contributed by atoms with Crippen LogP contribution in [-0.2, 0) is 11.3 Å². The van der Waals surface area contributed by atoms with E-state index in [0.29, 0.717) is 11.2 Å². The van der Waals surface area contributed by atoms with Gasteiger partial charge >= 0.3 is 5.76 Å². The molecule has 1 N–H and O–H groups in total. The minimum absolute atomic E-state index is 0.125. The van der Waals surface area contributed by atoms with Crippen molar-refractivity contribution >= 4 is 17.1 Å². The first-order valence-electron chi connectivity index (χ1n) is 6.94. The number of carbonyl (C=O) groups excluding carboxylic acids is 1. The molecule has 0 saturated heterocycles. The Morgan fingerprint density at radius 3 is 2.82 bits per heavy atom. The van der Waals surface area contributed by atoms with Crippen molar-refractivity contribution in [2.24, 2.45) is 0 Å². The molecule has 6 nitrogen and oxygen atoms in total. The fourth-order valence-corrected chi connectivity index (χ4v) is 2.30. The molecule has 0 aliphatic rings. The average molecular weight is 297 g/mol. The Morgan fingerprint density at radius 1 is 1.27 bits per heavy atom. The molecule has 0 spiro atoms. The number of rotatable bonds is 4. The first kappa shape index (κ1) is 14.1. The largest absolute Gasteiger partial charge is 0.421 e. The standard InChI is InChI=1S/C16H15N3O3/c1-11(12-6-3-2-4-7-12)18-14(20)10-19-15-13(22-16(19)21)8-5-9-17-15/h2-9,11H,10H2,1H3,(H,18,20). The predicted molar refractivity (Wildman–Crippen MR) is 81.3 cm³/mol. The van der Waals surface area contributed by atoms with Crippen molar-refractivity contribution in [2.45, 2.75) is 19.5 Å². The summed E-state index contributed by atoms with van der Waals surface area (Å²) < 4.78 is 6.28. The molecule has 0 aliphatic heterocycles. The molecule has 0 fully saturated rings. The highest BCUT2D eigenvalue weighted by Gasteiger charge is 2.15. The second kappa shape index (κ2) is 5.85. The number of nitrogens with zero attached hydrogens (tertiary/aromatic N) is 2. The van der Waals surface area contributed by atoms with E-state index in [1.807, 2.05) is 37.3 Å². The zero-order valence-electron chi connectivity index (χ0n) is 12.0. The van der Waals surface area contributed by atoms with Crippen LogP contribution in [0.2, 0.25) is 0 Å². The molecular formula is C16H15N3O3. The summed E-state index contributed by atoms with van der Waals surface area (Å²) in [6, 6.07) is 12.8. The Bertz CT molecular complexity index is 852. The Morgan fingerprint density at radius 2 is 2.05 bits per heavy atom. The first-order chi connectivity index (χ1) is 10.6. The summed E-state index contributed by atoms with van der Waals surface area (Å²) in [7, 11) is 0. The molecule has 112 valence electrons. The van der Waals surface area contributed by atoms with Crippen LogP contribution in [0.25, 0.3) is 11.2 Å². The molecule has 1 aromatic carbocycles. The van der Waals surface area contributed by atoms with Gasteiger partial charge in [-0.05, 0) is 24.6 Å². The third-order valence-electron chi connectivity index (χ3n) is 3.40. The summed E-state index contributed by atoms with van der Waals surface area (Å²) in [5.74, 6) is -0.858. The number of amides is 1. The third kappa shape index (κ3) is 2.76. The summed E-state index contributed by atoms with van der Waals surface area (Å²) in [6.45, 7) is 1.77. The van der Waals surface area contributed by atoms with Gasteiger partial charge in [-0.3, -0.25) is 4.79 Å². The van der Waals surface area contributed by atoms with Gasteiger partial charge in [-0.1, -0.05) is 30.3 Å². The van der Waals surface area contributed by atoms with Gasteiger partial charge in [0.25, 0.3) is 0 Å². The van der Waals surface area contributed by atoms with Gasteiger partial charge in [-0.15, -0.1) is 0 Å². The van der Waals surface area contributed by atoms with E-state index in [0.717, 1.165) is 5.56 Å². The lowest BCUT2D eigenvalue weighted by atomic mass is 10.1. The molecule has 2 heterocycles. The average Bonchev–Trinajstić information content (AvgIpc) is 2.84. The van der Waals surface area contributed by atoms with Gasteiger partial charge in [0.05, 0.1) is 6.04 Å². The topological polar surface area (TPSA) is 77.1 Å². The predicted octanol–water partition coefficient (Wildman–Crippen LogP) is 1.87. The van der Waals surface area contributed by atoms with Crippen LogP contribution in [0.15, 0.2) is 57.9 Å². The smallest absolute Gasteiger partial charge is 0.406 e. The van der Waals surface area contributed by atoms with E-state index in [2.05, 4.69) is 10.3 Å². The second-order valence-corrected chi connectivity index (χ2v) is 4.98. The Labute approximate surface area is 126 Å². The van der Waals surface area contributed by atoms with Crippen LogP contribution in [0.5, 0.6) is 0 Å². The van der Waals surface area contributed by atoms with E-state index in [4.69, 9.17) is 4.42 Å². The first-order valence-corrected chi connectivity index (χ1v) is 6.94. The molecule has 3 aromatic rings. The van der Waals surface area contributed by atoms with Crippen LogP contribution < -0.4 is 11.1 Å². The maximum absolute atomic E-state index is 12.1. The van der Waals surface area contributed by atoms with Gasteiger partial charge in [0.1, 0.15) is 6.54 Å². The molecule has 1 unspecified atom stereocenters. The van der Waals surface area contributed by atoms with Crippen molar-refractivity contribution in [3.63, 3.8) is 0 Å². The Hall–Kier alpha value is -2.89. The zero-order valence-corrected chi connectivity index (χ0v) is 12.0. The van der Waals surface area contributed by atoms with Crippen molar-refractivity contribution in [2.75, 3.05) is 0 Å². The van der Waals surface area contributed by atoms with E-state index in [-0.39, 0.29) is 18.5 Å². The highest BCUT2D eigenvalue weighted by atomic mass is 16.4. The van der Waals surface area contributed by atoms with Crippen LogP contribution >= 0.6 is 0 Å². The molecule has 0 saturated carbocycles. The van der Waals surface area contributed by atoms with E-state index in [1.165, 1.54) is 4.57 Å². The van der Waals surface area contributed by atoms with Crippen LogP contribution in [0, 0.1) is 0 Å². The van der Waals surface area contributed by atoms with E-state index >= 15 is 0 Å². The van der Waals surface area contributed by atoms with Gasteiger partial charge in [-0.25, -0.2) is 14.3 Å². The highest BCUT2D eigenvalue weighted by molar-refractivity contribution is 5.78. The molecule has 22 heavy (non-hydrogen) atoms. The minimum atomic E-state index is -0.587. The fraction of sp³-hybridized carbons (Fsp3) is 0.188. The van der Waals surface area contributed by atoms with E-state index < -0.39 is 5.76 Å². The number of carbonyl (C=O) groups is 1. The number of nitrogens with one attached hydrogen (secondary N) is 1. The van der Waals surface area contributed by atoms with Crippen molar-refractivity contribution in [1.29, 1.82) is 0 Å². The summed E-state index contributed by atoms with van der Waals surface area (Å²) in [6.07, 6.45) is 1.55. The maximum Gasteiger partial charge on any atom is 0.421 e. The maximum atomic E-state index is 12.1. The van der Waals surface area contributed by atoms with Gasteiger partial charge in [0.2, 0.25) is 5.91 Å². The quantitative estimate of drug-likeness (QED) is 0.797. The lowest BCUT2D eigenvalue weighted by Crippen LogP contribution is -2.32. The third-order valence-corrected chi connectivity index (χ3v) is 3.40. The van der Waals surface area contributed by atoms with E-state index in [1.54, 1.807) is 18.3 Å². The molecule has 2 aromatic heterocycles. The lowest BCUT2D eigenvalue weighted by Gasteiger charge is -2.14. The SMILES string of the molecule is CC(NC(=O)Cn1c(=O)oc2cccnc21)c1ccccc1. The molecular weight excluding hydrogens is 282 g/mol. The van der Waals surface area contributed by atoms with Gasteiger partial charge in [0.15, 0.2) is 11.2 Å². The zero-order chi connectivity index (χ0) is 15.5. The van der Waals surface area contributed by atoms with Crippen molar-refractivity contribution in [3.05, 3.63) is 64.8 Å². The molecule has 0 bridgehead atoms. The molecule has 0 aliphatic carbocycles. The lowest BCUT2D eigenvalue weighted by molar-refractivity contribution is -0.122. The molecule has 3 rings (SSSR count). The van der Waals surface area contributed by atoms with Crippen LogP contribution in [0.3, 0.4) is 0 Å².